The third-order valence-corrected chi connectivity index (χ3v) is 7.50. The summed E-state index contributed by atoms with van der Waals surface area (Å²) in [4.78, 5) is 24.1. The van der Waals surface area contributed by atoms with Crippen LogP contribution in [0.3, 0.4) is 0 Å². The zero-order valence-corrected chi connectivity index (χ0v) is 27.1. The van der Waals surface area contributed by atoms with E-state index < -0.39 is 6.10 Å². The summed E-state index contributed by atoms with van der Waals surface area (Å²) in [6.45, 7) is 4.07. The summed E-state index contributed by atoms with van der Waals surface area (Å²) in [7, 11) is 0. The highest BCUT2D eigenvalue weighted by Gasteiger charge is 2.16. The van der Waals surface area contributed by atoms with Crippen molar-refractivity contribution in [1.82, 2.24) is 0 Å². The predicted molar refractivity (Wildman–Crippen MR) is 173 cm³/mol. The molecule has 0 spiro atoms. The molecule has 5 nitrogen and oxygen atoms in total. The average Bonchev–Trinajstić information content (AvgIpc) is 2.97. The van der Waals surface area contributed by atoms with Gasteiger partial charge in [0.05, 0.1) is 6.61 Å². The third-order valence-electron chi connectivity index (χ3n) is 7.50. The molecule has 0 aromatic heterocycles. The first-order chi connectivity index (χ1) is 20.1. The van der Waals surface area contributed by atoms with Crippen molar-refractivity contribution in [3.63, 3.8) is 0 Å². The quantitative estimate of drug-likeness (QED) is 0.0503. The van der Waals surface area contributed by atoms with E-state index in [4.69, 9.17) is 9.47 Å². The Morgan fingerprint density at radius 1 is 0.561 bits per heavy atom. The fourth-order valence-electron chi connectivity index (χ4n) is 4.80. The topological polar surface area (TPSA) is 72.8 Å². The maximum absolute atomic E-state index is 12.1. The van der Waals surface area contributed by atoms with Gasteiger partial charge in [0.25, 0.3) is 0 Å². The van der Waals surface area contributed by atoms with Gasteiger partial charge in [-0.25, -0.2) is 0 Å². The first-order valence-electron chi connectivity index (χ1n) is 17.4. The number of ether oxygens (including phenoxy) is 2. The van der Waals surface area contributed by atoms with Gasteiger partial charge in [-0.2, -0.15) is 0 Å². The van der Waals surface area contributed by atoms with Gasteiger partial charge in [0.1, 0.15) is 6.61 Å². The highest BCUT2D eigenvalue weighted by molar-refractivity contribution is 5.70. The molecular weight excluding hydrogens is 512 g/mol. The molecule has 0 heterocycles. The van der Waals surface area contributed by atoms with Crippen molar-refractivity contribution in [2.24, 2.45) is 0 Å². The lowest BCUT2D eigenvalue weighted by Gasteiger charge is -2.15. The number of rotatable bonds is 31. The molecule has 1 N–H and O–H groups in total. The molecule has 0 saturated carbocycles. The molecule has 0 unspecified atom stereocenters. The molecule has 41 heavy (non-hydrogen) atoms. The zero-order chi connectivity index (χ0) is 30.1. The van der Waals surface area contributed by atoms with Crippen LogP contribution in [0.2, 0.25) is 0 Å². The van der Waals surface area contributed by atoms with Crippen LogP contribution in [0.25, 0.3) is 0 Å². The van der Waals surface area contributed by atoms with Crippen molar-refractivity contribution in [3.8, 4) is 0 Å². The Labute approximate surface area is 253 Å². The van der Waals surface area contributed by atoms with Crippen LogP contribution in [-0.4, -0.2) is 36.4 Å². The van der Waals surface area contributed by atoms with E-state index in [2.05, 4.69) is 38.2 Å². The third kappa shape index (κ3) is 31.2. The molecule has 0 rings (SSSR count). The van der Waals surface area contributed by atoms with Gasteiger partial charge in [-0.3, -0.25) is 9.59 Å². The molecule has 0 aliphatic heterocycles. The largest absolute Gasteiger partial charge is 0.462 e. The van der Waals surface area contributed by atoms with Crippen molar-refractivity contribution in [2.75, 3.05) is 13.2 Å². The minimum absolute atomic E-state index is 0.0696. The minimum Gasteiger partial charge on any atom is -0.462 e. The van der Waals surface area contributed by atoms with Crippen LogP contribution in [0, 0.1) is 0 Å². The molecule has 0 aliphatic rings. The Morgan fingerprint density at radius 3 is 1.51 bits per heavy atom. The van der Waals surface area contributed by atoms with Crippen molar-refractivity contribution in [1.29, 1.82) is 0 Å². The first-order valence-corrected chi connectivity index (χ1v) is 17.4. The van der Waals surface area contributed by atoms with E-state index in [1.807, 2.05) is 0 Å². The Bertz CT molecular complexity index is 627. The van der Waals surface area contributed by atoms with Crippen LogP contribution < -0.4 is 0 Å². The Balaban J connectivity index is 3.59. The highest BCUT2D eigenvalue weighted by Crippen LogP contribution is 2.14. The number of aliphatic hydroxyl groups is 1. The van der Waals surface area contributed by atoms with Gasteiger partial charge in [-0.1, -0.05) is 147 Å². The fraction of sp³-hybridized carbons (Fsp3) is 0.833. The van der Waals surface area contributed by atoms with Gasteiger partial charge in [-0.05, 0) is 38.5 Å². The number of esters is 2. The van der Waals surface area contributed by atoms with E-state index in [0.717, 1.165) is 51.4 Å². The smallest absolute Gasteiger partial charge is 0.306 e. The second kappa shape index (κ2) is 32.9. The summed E-state index contributed by atoms with van der Waals surface area (Å²) < 4.78 is 10.5. The van der Waals surface area contributed by atoms with Gasteiger partial charge in [0.2, 0.25) is 0 Å². The SMILES string of the molecule is CCCC/C=C/C/C=C/CCCCCCCC(=O)OC[C@H](CO)OC(=O)CCCCCCCCCCCCCCC. The number of aliphatic hydroxyl groups excluding tert-OH is 1. The summed E-state index contributed by atoms with van der Waals surface area (Å²) in [6, 6.07) is 0. The summed E-state index contributed by atoms with van der Waals surface area (Å²) in [5, 5.41) is 9.50. The highest BCUT2D eigenvalue weighted by atomic mass is 16.6. The molecule has 0 saturated heterocycles. The van der Waals surface area contributed by atoms with E-state index in [9.17, 15) is 14.7 Å². The maximum Gasteiger partial charge on any atom is 0.306 e. The lowest BCUT2D eigenvalue weighted by molar-refractivity contribution is -0.161. The van der Waals surface area contributed by atoms with Gasteiger partial charge >= 0.3 is 11.9 Å². The molecule has 1 atom stereocenters. The molecule has 0 amide bonds. The number of unbranched alkanes of at least 4 members (excludes halogenated alkanes) is 19. The van der Waals surface area contributed by atoms with E-state index in [1.54, 1.807) is 0 Å². The van der Waals surface area contributed by atoms with E-state index >= 15 is 0 Å². The Kier molecular flexibility index (Phi) is 31.6. The average molecular weight is 579 g/mol. The van der Waals surface area contributed by atoms with Crippen LogP contribution in [-0.2, 0) is 19.1 Å². The van der Waals surface area contributed by atoms with Crippen LogP contribution in [0.5, 0.6) is 0 Å². The second-order valence-corrected chi connectivity index (χ2v) is 11.6. The van der Waals surface area contributed by atoms with Gasteiger partial charge in [0, 0.05) is 12.8 Å². The number of carbonyl (C=O) groups excluding carboxylic acids is 2. The van der Waals surface area contributed by atoms with Crippen LogP contribution in [0.15, 0.2) is 24.3 Å². The van der Waals surface area contributed by atoms with E-state index in [0.29, 0.717) is 12.8 Å². The summed E-state index contributed by atoms with van der Waals surface area (Å²) in [5.41, 5.74) is 0. The Hall–Kier alpha value is -1.62. The fourth-order valence-corrected chi connectivity index (χ4v) is 4.80. The van der Waals surface area contributed by atoms with Crippen LogP contribution in [0.1, 0.15) is 174 Å². The molecule has 0 fully saturated rings. The van der Waals surface area contributed by atoms with Crippen molar-refractivity contribution >= 4 is 11.9 Å². The monoisotopic (exact) mass is 578 g/mol. The van der Waals surface area contributed by atoms with Crippen molar-refractivity contribution in [3.05, 3.63) is 24.3 Å². The summed E-state index contributed by atoms with van der Waals surface area (Å²) in [5.74, 6) is -0.604. The van der Waals surface area contributed by atoms with Crippen LogP contribution in [0.4, 0.5) is 0 Å². The maximum atomic E-state index is 12.1. The molecule has 5 heteroatoms. The lowest BCUT2D eigenvalue weighted by Crippen LogP contribution is -2.28. The number of hydrogen-bond acceptors (Lipinski definition) is 5. The molecule has 0 radical (unpaired) electrons. The van der Waals surface area contributed by atoms with E-state index in [-0.39, 0.29) is 25.2 Å². The number of hydrogen-bond donors (Lipinski definition) is 1. The molecule has 0 aromatic rings. The number of allylic oxidation sites excluding steroid dienone is 4. The van der Waals surface area contributed by atoms with Crippen molar-refractivity contribution in [2.45, 2.75) is 180 Å². The molecule has 0 aromatic carbocycles. The molecule has 0 aliphatic carbocycles. The van der Waals surface area contributed by atoms with Crippen molar-refractivity contribution < 1.29 is 24.2 Å². The standard InChI is InChI=1S/C36H66O5/c1-3-5-7-9-11-13-15-17-19-20-22-24-26-28-30-35(38)40-33-34(32-37)41-36(39)31-29-27-25-23-21-18-16-14-12-10-8-6-4-2/h9,11,15,17,34,37H,3-8,10,12-14,16,18-33H2,1-2H3/b11-9+,17-15+/t34-/m0/s1. The summed E-state index contributed by atoms with van der Waals surface area (Å²) >= 11 is 0. The minimum atomic E-state index is -0.770. The van der Waals surface area contributed by atoms with E-state index in [1.165, 1.54) is 96.3 Å². The van der Waals surface area contributed by atoms with Gasteiger partial charge < -0.3 is 14.6 Å². The first kappa shape index (κ1) is 39.4. The normalized spacial score (nSPS) is 12.4. The predicted octanol–water partition coefficient (Wildman–Crippen LogP) is 10.3. The Morgan fingerprint density at radius 2 is 1.00 bits per heavy atom. The molecule has 240 valence electrons. The van der Waals surface area contributed by atoms with Crippen LogP contribution >= 0.6 is 0 Å². The zero-order valence-electron chi connectivity index (χ0n) is 27.1. The number of carbonyl (C=O) groups is 2. The molecular formula is C36H66O5. The van der Waals surface area contributed by atoms with Gasteiger partial charge in [0.15, 0.2) is 6.10 Å². The second-order valence-electron chi connectivity index (χ2n) is 11.6. The lowest BCUT2D eigenvalue weighted by atomic mass is 10.0. The summed E-state index contributed by atoms with van der Waals surface area (Å²) in [6.07, 6.45) is 36.5. The molecule has 0 bridgehead atoms. The van der Waals surface area contributed by atoms with Gasteiger partial charge in [-0.15, -0.1) is 0 Å².